The molecule has 0 unspecified atom stereocenters. The number of carbonyl (C=O) groups excluding carboxylic acids is 2. The maximum atomic E-state index is 12.3. The molecule has 1 aromatic heterocycles. The number of rotatable bonds is 6. The van der Waals surface area contributed by atoms with Crippen molar-refractivity contribution in [2.45, 2.75) is 13.5 Å². The molecular formula is C23H21N3O4S. The van der Waals surface area contributed by atoms with E-state index in [1.54, 1.807) is 13.2 Å². The SMILES string of the molecule is COc1ccc(OCCn2c(C)c(C=C3C(=O)NC(=S)NC3=O)c3ccccc32)cc1. The number of fused-ring (bicyclic) bond motifs is 1. The summed E-state index contributed by atoms with van der Waals surface area (Å²) >= 11 is 4.87. The number of aromatic nitrogens is 1. The van der Waals surface area contributed by atoms with Gasteiger partial charge in [0.15, 0.2) is 5.11 Å². The monoisotopic (exact) mass is 435 g/mol. The first kappa shape index (κ1) is 20.6. The normalized spacial score (nSPS) is 13.7. The van der Waals surface area contributed by atoms with Gasteiger partial charge in [-0.2, -0.15) is 0 Å². The Kier molecular flexibility index (Phi) is 5.73. The Morgan fingerprint density at radius 3 is 2.32 bits per heavy atom. The van der Waals surface area contributed by atoms with Crippen LogP contribution in [-0.2, 0) is 16.1 Å². The number of para-hydroxylation sites is 1. The van der Waals surface area contributed by atoms with Crippen LogP contribution in [-0.4, -0.2) is 35.2 Å². The number of methoxy groups -OCH3 is 1. The van der Waals surface area contributed by atoms with Crippen LogP contribution in [0.3, 0.4) is 0 Å². The van der Waals surface area contributed by atoms with E-state index in [9.17, 15) is 9.59 Å². The quantitative estimate of drug-likeness (QED) is 0.354. The maximum absolute atomic E-state index is 12.3. The van der Waals surface area contributed by atoms with E-state index in [1.807, 2.05) is 55.5 Å². The van der Waals surface area contributed by atoms with Crippen LogP contribution in [0.2, 0.25) is 0 Å². The Bertz CT molecular complexity index is 1190. The second kappa shape index (κ2) is 8.61. The molecule has 1 fully saturated rings. The zero-order chi connectivity index (χ0) is 22.0. The zero-order valence-corrected chi connectivity index (χ0v) is 17.9. The third kappa shape index (κ3) is 4.15. The van der Waals surface area contributed by atoms with Crippen molar-refractivity contribution in [2.75, 3.05) is 13.7 Å². The van der Waals surface area contributed by atoms with Crippen molar-refractivity contribution in [3.63, 3.8) is 0 Å². The van der Waals surface area contributed by atoms with Gasteiger partial charge in [0.05, 0.1) is 13.7 Å². The van der Waals surface area contributed by atoms with Crippen LogP contribution < -0.4 is 20.1 Å². The summed E-state index contributed by atoms with van der Waals surface area (Å²) in [5, 5.41) is 5.91. The maximum Gasteiger partial charge on any atom is 0.263 e. The molecule has 3 aromatic rings. The van der Waals surface area contributed by atoms with E-state index in [-0.39, 0.29) is 10.7 Å². The Labute approximate surface area is 184 Å². The average molecular weight is 436 g/mol. The van der Waals surface area contributed by atoms with Gasteiger partial charge in [-0.15, -0.1) is 0 Å². The lowest BCUT2D eigenvalue weighted by molar-refractivity contribution is -0.123. The molecule has 0 aliphatic carbocycles. The minimum Gasteiger partial charge on any atom is -0.497 e. The number of nitrogens with one attached hydrogen (secondary N) is 2. The summed E-state index contributed by atoms with van der Waals surface area (Å²) in [5.74, 6) is 0.512. The highest BCUT2D eigenvalue weighted by Crippen LogP contribution is 2.28. The van der Waals surface area contributed by atoms with Crippen molar-refractivity contribution in [2.24, 2.45) is 0 Å². The molecule has 1 aliphatic heterocycles. The molecule has 0 spiro atoms. The highest BCUT2D eigenvalue weighted by molar-refractivity contribution is 7.80. The first-order valence-electron chi connectivity index (χ1n) is 9.71. The molecular weight excluding hydrogens is 414 g/mol. The fourth-order valence-corrected chi connectivity index (χ4v) is 3.79. The number of nitrogens with zero attached hydrogens (tertiary/aromatic N) is 1. The molecule has 0 atom stereocenters. The van der Waals surface area contributed by atoms with Gasteiger partial charge in [-0.1, -0.05) is 18.2 Å². The number of hydrogen-bond acceptors (Lipinski definition) is 5. The molecule has 2 heterocycles. The van der Waals surface area contributed by atoms with Gasteiger partial charge >= 0.3 is 0 Å². The number of carbonyl (C=O) groups is 2. The van der Waals surface area contributed by atoms with Gasteiger partial charge in [-0.05, 0) is 55.5 Å². The van der Waals surface area contributed by atoms with Crippen molar-refractivity contribution in [1.82, 2.24) is 15.2 Å². The molecule has 2 N–H and O–H groups in total. The molecule has 0 saturated carbocycles. The molecule has 31 heavy (non-hydrogen) atoms. The standard InChI is InChI=1S/C23H21N3O4S/c1-14-18(13-19-21(27)24-23(31)25-22(19)28)17-5-3-4-6-20(17)26(14)11-12-30-16-9-7-15(29-2)8-10-16/h3-10,13H,11-12H2,1-2H3,(H2,24,25,27,28,31). The van der Waals surface area contributed by atoms with E-state index in [2.05, 4.69) is 15.2 Å². The van der Waals surface area contributed by atoms with Crippen LogP contribution in [0.1, 0.15) is 11.3 Å². The van der Waals surface area contributed by atoms with Gasteiger partial charge in [0.1, 0.15) is 23.7 Å². The Morgan fingerprint density at radius 1 is 1.00 bits per heavy atom. The smallest absolute Gasteiger partial charge is 0.263 e. The van der Waals surface area contributed by atoms with Crippen molar-refractivity contribution in [1.29, 1.82) is 0 Å². The van der Waals surface area contributed by atoms with Gasteiger partial charge in [0.25, 0.3) is 11.8 Å². The Balaban J connectivity index is 1.62. The summed E-state index contributed by atoms with van der Waals surface area (Å²) < 4.78 is 13.2. The van der Waals surface area contributed by atoms with Crippen molar-refractivity contribution >= 4 is 46.1 Å². The summed E-state index contributed by atoms with van der Waals surface area (Å²) in [6.45, 7) is 3.02. The van der Waals surface area contributed by atoms with E-state index in [0.29, 0.717) is 13.2 Å². The Morgan fingerprint density at radius 2 is 1.65 bits per heavy atom. The van der Waals surface area contributed by atoms with Gasteiger partial charge in [-0.25, -0.2) is 0 Å². The highest BCUT2D eigenvalue weighted by Gasteiger charge is 2.26. The van der Waals surface area contributed by atoms with Crippen LogP contribution in [0.15, 0.2) is 54.1 Å². The lowest BCUT2D eigenvalue weighted by Crippen LogP contribution is -2.51. The van der Waals surface area contributed by atoms with Gasteiger partial charge < -0.3 is 14.0 Å². The predicted octanol–water partition coefficient (Wildman–Crippen LogP) is 2.95. The lowest BCUT2D eigenvalue weighted by Gasteiger charge is -2.16. The van der Waals surface area contributed by atoms with Crippen LogP contribution in [0.5, 0.6) is 11.5 Å². The molecule has 2 aromatic carbocycles. The second-order valence-electron chi connectivity index (χ2n) is 6.99. The van der Waals surface area contributed by atoms with E-state index in [1.165, 1.54) is 0 Å². The third-order valence-corrected chi connectivity index (χ3v) is 5.36. The predicted molar refractivity (Wildman–Crippen MR) is 122 cm³/mol. The summed E-state index contributed by atoms with van der Waals surface area (Å²) in [4.78, 5) is 24.6. The van der Waals surface area contributed by atoms with E-state index >= 15 is 0 Å². The first-order chi connectivity index (χ1) is 15.0. The molecule has 158 valence electrons. The largest absolute Gasteiger partial charge is 0.497 e. The molecule has 7 nitrogen and oxygen atoms in total. The second-order valence-corrected chi connectivity index (χ2v) is 7.40. The van der Waals surface area contributed by atoms with Gasteiger partial charge in [0.2, 0.25) is 0 Å². The third-order valence-electron chi connectivity index (χ3n) is 5.15. The molecule has 1 aliphatic rings. The van der Waals surface area contributed by atoms with Crippen LogP contribution in [0.4, 0.5) is 0 Å². The van der Waals surface area contributed by atoms with E-state index in [0.717, 1.165) is 33.7 Å². The average Bonchev–Trinajstić information content (AvgIpc) is 3.02. The molecule has 8 heteroatoms. The fraction of sp³-hybridized carbons (Fsp3) is 0.174. The summed E-state index contributed by atoms with van der Waals surface area (Å²) in [7, 11) is 1.62. The number of hydrogen-bond donors (Lipinski definition) is 2. The van der Waals surface area contributed by atoms with E-state index in [4.69, 9.17) is 21.7 Å². The summed E-state index contributed by atoms with van der Waals surface area (Å²) in [5.41, 5.74) is 2.76. The number of amides is 2. The first-order valence-corrected chi connectivity index (χ1v) is 10.1. The summed E-state index contributed by atoms with van der Waals surface area (Å²) in [6, 6.07) is 15.3. The topological polar surface area (TPSA) is 81.6 Å². The minimum absolute atomic E-state index is 0.0157. The molecule has 0 radical (unpaired) electrons. The highest BCUT2D eigenvalue weighted by atomic mass is 32.1. The zero-order valence-electron chi connectivity index (χ0n) is 17.1. The van der Waals surface area contributed by atoms with Crippen LogP contribution >= 0.6 is 12.2 Å². The van der Waals surface area contributed by atoms with E-state index < -0.39 is 11.8 Å². The number of ether oxygens (including phenoxy) is 2. The van der Waals surface area contributed by atoms with Gasteiger partial charge in [0, 0.05) is 22.2 Å². The Hall–Kier alpha value is -3.65. The van der Waals surface area contributed by atoms with Crippen molar-refractivity contribution in [3.05, 3.63) is 65.4 Å². The number of thiocarbonyl (C=S) groups is 1. The summed E-state index contributed by atoms with van der Waals surface area (Å²) in [6.07, 6.45) is 1.62. The van der Waals surface area contributed by atoms with Crippen molar-refractivity contribution in [3.8, 4) is 11.5 Å². The fourth-order valence-electron chi connectivity index (χ4n) is 3.61. The van der Waals surface area contributed by atoms with Crippen LogP contribution in [0.25, 0.3) is 17.0 Å². The number of benzene rings is 2. The minimum atomic E-state index is -0.507. The van der Waals surface area contributed by atoms with Gasteiger partial charge in [-0.3, -0.25) is 20.2 Å². The molecule has 1 saturated heterocycles. The molecule has 0 bridgehead atoms. The van der Waals surface area contributed by atoms with Crippen molar-refractivity contribution < 1.29 is 19.1 Å². The molecule has 4 rings (SSSR count). The molecule has 2 amide bonds. The lowest BCUT2D eigenvalue weighted by atomic mass is 10.1. The van der Waals surface area contributed by atoms with Crippen LogP contribution in [0, 0.1) is 6.92 Å².